The van der Waals surface area contributed by atoms with Crippen molar-refractivity contribution in [1.82, 2.24) is 0 Å². The molecule has 21 heavy (non-hydrogen) atoms. The Morgan fingerprint density at radius 3 is 2.43 bits per heavy atom. The van der Waals surface area contributed by atoms with Gasteiger partial charge in [-0.15, -0.1) is 0 Å². The molecule has 110 valence electrons. The predicted octanol–water partition coefficient (Wildman–Crippen LogP) is 4.40. The first-order chi connectivity index (χ1) is 10.3. The molecule has 1 heterocycles. The second-order valence-corrected chi connectivity index (χ2v) is 5.59. The Balaban J connectivity index is 1.77. The van der Waals surface area contributed by atoms with E-state index in [4.69, 9.17) is 4.74 Å². The van der Waals surface area contributed by atoms with Crippen molar-refractivity contribution >= 4 is 5.69 Å². The molecule has 1 unspecified atom stereocenters. The summed E-state index contributed by atoms with van der Waals surface area (Å²) in [5.74, 6) is 1.49. The van der Waals surface area contributed by atoms with E-state index < -0.39 is 0 Å². The minimum atomic E-state index is 0.441. The Hall–Kier alpha value is -1.96. The average Bonchev–Trinajstić information content (AvgIpc) is 2.95. The van der Waals surface area contributed by atoms with Gasteiger partial charge in [0.1, 0.15) is 5.75 Å². The SMILES string of the molecule is CCc1cccc(CC)c1NCC1COc2ccccc21. The zero-order valence-electron chi connectivity index (χ0n) is 12.9. The highest BCUT2D eigenvalue weighted by Gasteiger charge is 2.23. The second kappa shape index (κ2) is 6.21. The number of hydrogen-bond donors (Lipinski definition) is 1. The molecule has 0 saturated heterocycles. The summed E-state index contributed by atoms with van der Waals surface area (Å²) in [6, 6.07) is 15.0. The van der Waals surface area contributed by atoms with Gasteiger partial charge in [-0.25, -0.2) is 0 Å². The first-order valence-electron chi connectivity index (χ1n) is 7.89. The maximum Gasteiger partial charge on any atom is 0.122 e. The van der Waals surface area contributed by atoms with Gasteiger partial charge in [-0.2, -0.15) is 0 Å². The lowest BCUT2D eigenvalue weighted by molar-refractivity contribution is 0.334. The van der Waals surface area contributed by atoms with Gasteiger partial charge in [-0.05, 0) is 30.0 Å². The molecule has 0 spiro atoms. The first kappa shape index (κ1) is 14.0. The summed E-state index contributed by atoms with van der Waals surface area (Å²) in [6.45, 7) is 6.14. The minimum absolute atomic E-state index is 0.441. The standard InChI is InChI=1S/C19H23NO/c1-3-14-8-7-9-15(4-2)19(14)20-12-16-13-21-18-11-6-5-10-17(16)18/h5-11,16,20H,3-4,12-13H2,1-2H3. The third-order valence-electron chi connectivity index (χ3n) is 4.32. The molecule has 1 N–H and O–H groups in total. The van der Waals surface area contributed by atoms with Crippen molar-refractivity contribution in [1.29, 1.82) is 0 Å². The van der Waals surface area contributed by atoms with Gasteiger partial charge in [-0.1, -0.05) is 50.2 Å². The second-order valence-electron chi connectivity index (χ2n) is 5.59. The van der Waals surface area contributed by atoms with Crippen LogP contribution in [0, 0.1) is 0 Å². The lowest BCUT2D eigenvalue weighted by atomic mass is 9.99. The third-order valence-corrected chi connectivity index (χ3v) is 4.32. The highest BCUT2D eigenvalue weighted by atomic mass is 16.5. The van der Waals surface area contributed by atoms with Crippen molar-refractivity contribution in [2.45, 2.75) is 32.6 Å². The molecule has 0 fully saturated rings. The van der Waals surface area contributed by atoms with Gasteiger partial charge >= 0.3 is 0 Å². The molecule has 2 heteroatoms. The van der Waals surface area contributed by atoms with Crippen molar-refractivity contribution in [3.05, 3.63) is 59.2 Å². The lowest BCUT2D eigenvalue weighted by Crippen LogP contribution is -2.15. The molecule has 0 aromatic heterocycles. The molecule has 1 aliphatic heterocycles. The highest BCUT2D eigenvalue weighted by molar-refractivity contribution is 5.58. The van der Waals surface area contributed by atoms with Crippen LogP contribution < -0.4 is 10.1 Å². The quantitative estimate of drug-likeness (QED) is 0.877. The molecule has 1 atom stereocenters. The lowest BCUT2D eigenvalue weighted by Gasteiger charge is -2.18. The van der Waals surface area contributed by atoms with Crippen molar-refractivity contribution in [2.24, 2.45) is 0 Å². The van der Waals surface area contributed by atoms with Crippen LogP contribution in [0.4, 0.5) is 5.69 Å². The molecule has 2 nitrogen and oxygen atoms in total. The number of anilines is 1. The van der Waals surface area contributed by atoms with Crippen LogP contribution in [0.15, 0.2) is 42.5 Å². The van der Waals surface area contributed by atoms with Crippen molar-refractivity contribution in [3.8, 4) is 5.75 Å². The maximum absolute atomic E-state index is 5.77. The molecular weight excluding hydrogens is 258 g/mol. The number of ether oxygens (including phenoxy) is 1. The molecule has 3 rings (SSSR count). The van der Waals surface area contributed by atoms with Crippen LogP contribution in [0.1, 0.15) is 36.5 Å². The van der Waals surface area contributed by atoms with E-state index in [1.54, 1.807) is 0 Å². The Morgan fingerprint density at radius 1 is 1.00 bits per heavy atom. The minimum Gasteiger partial charge on any atom is -0.493 e. The van der Waals surface area contributed by atoms with E-state index in [-0.39, 0.29) is 0 Å². The zero-order chi connectivity index (χ0) is 14.7. The van der Waals surface area contributed by atoms with Gasteiger partial charge in [0.2, 0.25) is 0 Å². The summed E-state index contributed by atoms with van der Waals surface area (Å²) < 4.78 is 5.77. The molecule has 0 saturated carbocycles. The van der Waals surface area contributed by atoms with Gasteiger partial charge in [0.05, 0.1) is 6.61 Å². The molecule has 0 radical (unpaired) electrons. The Morgan fingerprint density at radius 2 is 1.71 bits per heavy atom. The predicted molar refractivity (Wildman–Crippen MR) is 88.4 cm³/mol. The zero-order valence-corrected chi connectivity index (χ0v) is 12.9. The molecule has 2 aromatic carbocycles. The Kier molecular flexibility index (Phi) is 4.14. The van der Waals surface area contributed by atoms with E-state index in [1.807, 2.05) is 6.07 Å². The molecule has 1 aliphatic rings. The number of rotatable bonds is 5. The smallest absolute Gasteiger partial charge is 0.122 e. The fourth-order valence-electron chi connectivity index (χ4n) is 3.09. The number of benzene rings is 2. The van der Waals surface area contributed by atoms with Crippen LogP contribution in [0.5, 0.6) is 5.75 Å². The van der Waals surface area contributed by atoms with Gasteiger partial charge in [0.25, 0.3) is 0 Å². The van der Waals surface area contributed by atoms with Crippen LogP contribution in [0.2, 0.25) is 0 Å². The summed E-state index contributed by atoms with van der Waals surface area (Å²) in [5.41, 5.74) is 5.46. The summed E-state index contributed by atoms with van der Waals surface area (Å²) in [5, 5.41) is 3.69. The fourth-order valence-corrected chi connectivity index (χ4v) is 3.09. The largest absolute Gasteiger partial charge is 0.493 e. The van der Waals surface area contributed by atoms with Crippen LogP contribution in [0.25, 0.3) is 0 Å². The Bertz CT molecular complexity index is 598. The van der Waals surface area contributed by atoms with Gasteiger partial charge in [0, 0.05) is 23.7 Å². The number of nitrogens with one attached hydrogen (secondary N) is 1. The van der Waals surface area contributed by atoms with Gasteiger partial charge in [-0.3, -0.25) is 0 Å². The third kappa shape index (κ3) is 2.76. The number of para-hydroxylation sites is 2. The average molecular weight is 281 g/mol. The Labute approximate surface area is 127 Å². The molecule has 0 aliphatic carbocycles. The van der Waals surface area contributed by atoms with Crippen LogP contribution >= 0.6 is 0 Å². The monoisotopic (exact) mass is 281 g/mol. The van der Waals surface area contributed by atoms with Crippen LogP contribution in [-0.2, 0) is 12.8 Å². The summed E-state index contributed by atoms with van der Waals surface area (Å²) in [4.78, 5) is 0. The summed E-state index contributed by atoms with van der Waals surface area (Å²) in [7, 11) is 0. The van der Waals surface area contributed by atoms with E-state index >= 15 is 0 Å². The van der Waals surface area contributed by atoms with Gasteiger partial charge < -0.3 is 10.1 Å². The number of aryl methyl sites for hydroxylation is 2. The molecular formula is C19H23NO. The first-order valence-corrected chi connectivity index (χ1v) is 7.89. The number of fused-ring (bicyclic) bond motifs is 1. The molecule has 0 amide bonds. The van der Waals surface area contributed by atoms with E-state index in [1.165, 1.54) is 22.4 Å². The van der Waals surface area contributed by atoms with E-state index in [0.29, 0.717) is 5.92 Å². The normalized spacial score (nSPS) is 16.4. The van der Waals surface area contributed by atoms with Crippen molar-refractivity contribution in [2.75, 3.05) is 18.5 Å². The van der Waals surface area contributed by atoms with Crippen molar-refractivity contribution < 1.29 is 4.74 Å². The highest BCUT2D eigenvalue weighted by Crippen LogP contribution is 2.34. The maximum atomic E-state index is 5.77. The fraction of sp³-hybridized carbons (Fsp3) is 0.368. The molecule has 0 bridgehead atoms. The number of hydrogen-bond acceptors (Lipinski definition) is 2. The van der Waals surface area contributed by atoms with Gasteiger partial charge in [0.15, 0.2) is 0 Å². The summed E-state index contributed by atoms with van der Waals surface area (Å²) >= 11 is 0. The van der Waals surface area contributed by atoms with Crippen molar-refractivity contribution in [3.63, 3.8) is 0 Å². The van der Waals surface area contributed by atoms with E-state index in [2.05, 4.69) is 55.6 Å². The summed E-state index contributed by atoms with van der Waals surface area (Å²) in [6.07, 6.45) is 2.13. The van der Waals surface area contributed by atoms with E-state index in [9.17, 15) is 0 Å². The van der Waals surface area contributed by atoms with E-state index in [0.717, 1.165) is 31.7 Å². The van der Waals surface area contributed by atoms with Crippen LogP contribution in [-0.4, -0.2) is 13.2 Å². The molecule has 2 aromatic rings. The van der Waals surface area contributed by atoms with Crippen LogP contribution in [0.3, 0.4) is 0 Å². The topological polar surface area (TPSA) is 21.3 Å².